The number of amides is 2. The van der Waals surface area contributed by atoms with Crippen molar-refractivity contribution in [1.29, 1.82) is 0 Å². The molecule has 2 amide bonds. The average molecular weight is 362 g/mol. The maximum atomic E-state index is 13.5. The molecule has 1 fully saturated rings. The van der Waals surface area contributed by atoms with E-state index in [4.69, 9.17) is 9.47 Å². The number of carbonyl (C=O) groups excluding carboxylic acids is 1. The summed E-state index contributed by atoms with van der Waals surface area (Å²) in [4.78, 5) is 14.3. The van der Waals surface area contributed by atoms with Crippen LogP contribution in [0, 0.1) is 5.82 Å². The van der Waals surface area contributed by atoms with Crippen LogP contribution in [0.1, 0.15) is 13.3 Å². The van der Waals surface area contributed by atoms with Gasteiger partial charge in [-0.1, -0.05) is 6.92 Å². The number of aromatic nitrogens is 2. The molecule has 1 atom stereocenters. The number of rotatable bonds is 6. The quantitative estimate of drug-likeness (QED) is 0.858. The first-order valence-corrected chi connectivity index (χ1v) is 8.73. The molecule has 7 nitrogen and oxygen atoms in total. The lowest BCUT2D eigenvalue weighted by molar-refractivity contribution is -0.0219. The minimum absolute atomic E-state index is 0.126. The summed E-state index contributed by atoms with van der Waals surface area (Å²) in [6, 6.07) is 5.69. The summed E-state index contributed by atoms with van der Waals surface area (Å²) in [6.45, 7) is 4.41. The van der Waals surface area contributed by atoms with Crippen molar-refractivity contribution >= 4 is 11.7 Å². The Morgan fingerprint density at radius 3 is 3.15 bits per heavy atom. The molecule has 26 heavy (non-hydrogen) atoms. The van der Waals surface area contributed by atoms with Gasteiger partial charge in [-0.3, -0.25) is 4.68 Å². The topological polar surface area (TPSA) is 68.6 Å². The van der Waals surface area contributed by atoms with Crippen LogP contribution in [-0.2, 0) is 11.3 Å². The second-order valence-corrected chi connectivity index (χ2v) is 6.09. The number of nitrogens with one attached hydrogen (secondary N) is 1. The van der Waals surface area contributed by atoms with Gasteiger partial charge >= 0.3 is 6.03 Å². The molecule has 3 rings (SSSR count). The van der Waals surface area contributed by atoms with Crippen LogP contribution in [0.3, 0.4) is 0 Å². The zero-order chi connectivity index (χ0) is 18.4. The van der Waals surface area contributed by atoms with Crippen molar-refractivity contribution in [2.24, 2.45) is 0 Å². The smallest absolute Gasteiger partial charge is 0.322 e. The summed E-state index contributed by atoms with van der Waals surface area (Å²) in [5.41, 5.74) is 0.458. The second kappa shape index (κ2) is 8.66. The maximum absolute atomic E-state index is 13.5. The molecule has 0 saturated carbocycles. The normalized spacial score (nSPS) is 17.2. The van der Waals surface area contributed by atoms with Gasteiger partial charge in [0, 0.05) is 25.0 Å². The lowest BCUT2D eigenvalue weighted by Gasteiger charge is -2.33. The van der Waals surface area contributed by atoms with Gasteiger partial charge in [0.25, 0.3) is 0 Å². The van der Waals surface area contributed by atoms with Gasteiger partial charge in [-0.15, -0.1) is 0 Å². The number of hydrogen-bond donors (Lipinski definition) is 1. The average Bonchev–Trinajstić information content (AvgIpc) is 3.15. The SMILES string of the molecule is CCCOc1cc(F)ccc1NC(=O)N1CCOC(Cn2cccn2)C1. The lowest BCUT2D eigenvalue weighted by Crippen LogP contribution is -2.48. The van der Waals surface area contributed by atoms with Gasteiger partial charge < -0.3 is 19.7 Å². The fourth-order valence-electron chi connectivity index (χ4n) is 2.76. The number of halogens is 1. The zero-order valence-electron chi connectivity index (χ0n) is 14.7. The molecule has 0 spiro atoms. The maximum Gasteiger partial charge on any atom is 0.322 e. The molecule has 1 N–H and O–H groups in total. The van der Waals surface area contributed by atoms with E-state index in [0.717, 1.165) is 6.42 Å². The number of benzene rings is 1. The van der Waals surface area contributed by atoms with Crippen molar-refractivity contribution in [2.45, 2.75) is 26.0 Å². The molecule has 0 radical (unpaired) electrons. The van der Waals surface area contributed by atoms with Crippen LogP contribution >= 0.6 is 0 Å². The molecule has 1 aromatic carbocycles. The zero-order valence-corrected chi connectivity index (χ0v) is 14.7. The van der Waals surface area contributed by atoms with Gasteiger partial charge in [0.1, 0.15) is 11.6 Å². The molecule has 140 valence electrons. The highest BCUT2D eigenvalue weighted by atomic mass is 19.1. The third-order valence-electron chi connectivity index (χ3n) is 4.02. The summed E-state index contributed by atoms with van der Waals surface area (Å²) in [6.07, 6.45) is 4.24. The molecule has 1 saturated heterocycles. The Labute approximate surface area is 151 Å². The van der Waals surface area contributed by atoms with Gasteiger partial charge in [0.2, 0.25) is 0 Å². The molecule has 1 aliphatic heterocycles. The van der Waals surface area contributed by atoms with E-state index in [1.807, 2.05) is 19.2 Å². The van der Waals surface area contributed by atoms with Crippen LogP contribution in [0.15, 0.2) is 36.7 Å². The van der Waals surface area contributed by atoms with Crippen LogP contribution in [0.5, 0.6) is 5.75 Å². The van der Waals surface area contributed by atoms with Crippen molar-refractivity contribution in [3.8, 4) is 5.75 Å². The highest BCUT2D eigenvalue weighted by Crippen LogP contribution is 2.26. The van der Waals surface area contributed by atoms with E-state index in [1.165, 1.54) is 18.2 Å². The molecule has 8 heteroatoms. The van der Waals surface area contributed by atoms with Crippen molar-refractivity contribution in [3.63, 3.8) is 0 Å². The fourth-order valence-corrected chi connectivity index (χ4v) is 2.76. The minimum atomic E-state index is -0.403. The Hall–Kier alpha value is -2.61. The highest BCUT2D eigenvalue weighted by molar-refractivity contribution is 5.91. The minimum Gasteiger partial charge on any atom is -0.491 e. The summed E-state index contributed by atoms with van der Waals surface area (Å²) in [5.74, 6) is -0.0682. The van der Waals surface area contributed by atoms with Crippen LogP contribution < -0.4 is 10.1 Å². The lowest BCUT2D eigenvalue weighted by atomic mass is 10.2. The molecule has 1 aromatic heterocycles. The highest BCUT2D eigenvalue weighted by Gasteiger charge is 2.25. The first-order valence-electron chi connectivity index (χ1n) is 8.73. The summed E-state index contributed by atoms with van der Waals surface area (Å²) < 4.78 is 26.5. The third kappa shape index (κ3) is 4.72. The molecule has 1 unspecified atom stereocenters. The van der Waals surface area contributed by atoms with E-state index >= 15 is 0 Å². The number of morpholine rings is 1. The Kier molecular flexibility index (Phi) is 6.06. The van der Waals surface area contributed by atoms with E-state index < -0.39 is 5.82 Å². The number of ether oxygens (including phenoxy) is 2. The monoisotopic (exact) mass is 362 g/mol. The van der Waals surface area contributed by atoms with Gasteiger partial charge in [-0.2, -0.15) is 5.10 Å². The standard InChI is InChI=1S/C18H23FN4O3/c1-2-9-26-17-11-14(19)4-5-16(17)21-18(24)22-8-10-25-15(12-22)13-23-7-3-6-20-23/h3-7,11,15H,2,8-10,12-13H2,1H3,(H,21,24). The molecular weight excluding hydrogens is 339 g/mol. The van der Waals surface area contributed by atoms with Crippen LogP contribution in [0.25, 0.3) is 0 Å². The van der Waals surface area contributed by atoms with Crippen molar-refractivity contribution in [3.05, 3.63) is 42.5 Å². The Morgan fingerprint density at radius 1 is 1.50 bits per heavy atom. The Balaban J connectivity index is 1.62. The van der Waals surface area contributed by atoms with Gasteiger partial charge in [0.05, 0.1) is 38.1 Å². The Bertz CT molecular complexity index is 723. The van der Waals surface area contributed by atoms with Crippen LogP contribution in [0.2, 0.25) is 0 Å². The third-order valence-corrected chi connectivity index (χ3v) is 4.02. The van der Waals surface area contributed by atoms with E-state index in [-0.39, 0.29) is 12.1 Å². The predicted octanol–water partition coefficient (Wildman–Crippen LogP) is 2.74. The van der Waals surface area contributed by atoms with E-state index in [1.54, 1.807) is 15.8 Å². The second-order valence-electron chi connectivity index (χ2n) is 6.09. The first-order chi connectivity index (χ1) is 12.7. The van der Waals surface area contributed by atoms with E-state index in [2.05, 4.69) is 10.4 Å². The number of nitrogens with zero attached hydrogens (tertiary/aromatic N) is 3. The molecule has 0 aliphatic carbocycles. The van der Waals surface area contributed by atoms with Gasteiger partial charge in [-0.05, 0) is 24.6 Å². The van der Waals surface area contributed by atoms with Crippen molar-refractivity contribution < 1.29 is 18.7 Å². The van der Waals surface area contributed by atoms with Crippen LogP contribution in [0.4, 0.5) is 14.9 Å². The Morgan fingerprint density at radius 2 is 2.38 bits per heavy atom. The molecule has 2 aromatic rings. The molecule has 1 aliphatic rings. The molecule has 0 bridgehead atoms. The summed E-state index contributed by atoms with van der Waals surface area (Å²) in [5, 5.41) is 6.98. The number of hydrogen-bond acceptors (Lipinski definition) is 4. The van der Waals surface area contributed by atoms with Gasteiger partial charge in [0.15, 0.2) is 0 Å². The van der Waals surface area contributed by atoms with E-state index in [9.17, 15) is 9.18 Å². The fraction of sp³-hybridized carbons (Fsp3) is 0.444. The predicted molar refractivity (Wildman–Crippen MR) is 94.7 cm³/mol. The molecular formula is C18H23FN4O3. The number of anilines is 1. The van der Waals surface area contributed by atoms with E-state index in [0.29, 0.717) is 44.3 Å². The van der Waals surface area contributed by atoms with Crippen molar-refractivity contribution in [2.75, 3.05) is 31.6 Å². The van der Waals surface area contributed by atoms with Gasteiger partial charge in [-0.25, -0.2) is 9.18 Å². The molecule has 2 heterocycles. The number of carbonyl (C=O) groups is 1. The largest absolute Gasteiger partial charge is 0.491 e. The number of urea groups is 1. The van der Waals surface area contributed by atoms with Crippen molar-refractivity contribution in [1.82, 2.24) is 14.7 Å². The summed E-state index contributed by atoms with van der Waals surface area (Å²) in [7, 11) is 0. The first kappa shape index (κ1) is 18.2. The summed E-state index contributed by atoms with van der Waals surface area (Å²) >= 11 is 0. The van der Waals surface area contributed by atoms with Crippen LogP contribution in [-0.4, -0.2) is 53.1 Å².